The summed E-state index contributed by atoms with van der Waals surface area (Å²) >= 11 is 0. The third-order valence-electron chi connectivity index (χ3n) is 4.58. The van der Waals surface area contributed by atoms with Gasteiger partial charge in [0.1, 0.15) is 17.2 Å². The number of amides is 2. The van der Waals surface area contributed by atoms with Crippen LogP contribution in [0.25, 0.3) is 11.0 Å². The minimum absolute atomic E-state index is 0.00429. The molecule has 1 fully saturated rings. The Labute approximate surface area is 157 Å². The summed E-state index contributed by atoms with van der Waals surface area (Å²) in [5.74, 6) is -3.08. The number of fused-ring (bicyclic) bond motifs is 1. The Morgan fingerprint density at radius 2 is 1.89 bits per heavy atom. The molecule has 2 heterocycles. The molecule has 1 aromatic heterocycles. The first-order chi connectivity index (χ1) is 13.4. The maximum absolute atomic E-state index is 14.0. The van der Waals surface area contributed by atoms with Gasteiger partial charge < -0.3 is 14.6 Å². The van der Waals surface area contributed by atoms with Gasteiger partial charge in [0.25, 0.3) is 0 Å². The van der Waals surface area contributed by atoms with E-state index < -0.39 is 35.0 Å². The second-order valence-electron chi connectivity index (χ2n) is 6.50. The van der Waals surface area contributed by atoms with Gasteiger partial charge in [-0.15, -0.1) is 0 Å². The lowest BCUT2D eigenvalue weighted by Gasteiger charge is -2.17. The lowest BCUT2D eigenvalue weighted by Crippen LogP contribution is -2.28. The lowest BCUT2D eigenvalue weighted by atomic mass is 10.1. The number of nitrogens with one attached hydrogen (secondary N) is 1. The van der Waals surface area contributed by atoms with E-state index in [-0.39, 0.29) is 18.7 Å². The SMILES string of the molecule is O=C(Nc1ccc2oc(=O)ccc2c1)C1CC(=O)N(c2ccc(F)cc2F)C1. The third-order valence-corrected chi connectivity index (χ3v) is 4.58. The van der Waals surface area contributed by atoms with E-state index in [4.69, 9.17) is 4.42 Å². The molecule has 0 aliphatic carbocycles. The van der Waals surface area contributed by atoms with Gasteiger partial charge in [-0.25, -0.2) is 13.6 Å². The van der Waals surface area contributed by atoms with E-state index in [1.807, 2.05) is 0 Å². The van der Waals surface area contributed by atoms with Crippen LogP contribution in [0.1, 0.15) is 6.42 Å². The first-order valence-electron chi connectivity index (χ1n) is 8.51. The number of rotatable bonds is 3. The Kier molecular flexibility index (Phi) is 4.38. The van der Waals surface area contributed by atoms with Gasteiger partial charge in [-0.3, -0.25) is 9.59 Å². The molecule has 4 rings (SSSR count). The number of hydrogen-bond acceptors (Lipinski definition) is 4. The molecule has 8 heteroatoms. The maximum atomic E-state index is 14.0. The normalized spacial score (nSPS) is 16.6. The summed E-state index contributed by atoms with van der Waals surface area (Å²) in [5, 5.41) is 3.35. The molecule has 2 aromatic carbocycles. The molecule has 1 aliphatic heterocycles. The highest BCUT2D eigenvalue weighted by atomic mass is 19.1. The smallest absolute Gasteiger partial charge is 0.336 e. The van der Waals surface area contributed by atoms with E-state index >= 15 is 0 Å². The van der Waals surface area contributed by atoms with E-state index in [1.165, 1.54) is 12.1 Å². The standard InChI is InChI=1S/C20H14F2N2O4/c21-13-2-4-16(15(22)9-13)24-10-12(8-18(24)25)20(27)23-14-3-5-17-11(7-14)1-6-19(26)28-17/h1-7,9,12H,8,10H2,(H,23,27). The molecule has 1 atom stereocenters. The van der Waals surface area contributed by atoms with Crippen molar-refractivity contribution in [3.05, 3.63) is 70.6 Å². The van der Waals surface area contributed by atoms with Crippen molar-refractivity contribution in [2.45, 2.75) is 6.42 Å². The summed E-state index contributed by atoms with van der Waals surface area (Å²) in [6.45, 7) is -0.00429. The number of benzene rings is 2. The van der Waals surface area contributed by atoms with Crippen molar-refractivity contribution in [2.75, 3.05) is 16.8 Å². The topological polar surface area (TPSA) is 79.6 Å². The molecule has 28 heavy (non-hydrogen) atoms. The Balaban J connectivity index is 1.50. The minimum Gasteiger partial charge on any atom is -0.423 e. The van der Waals surface area contributed by atoms with Crippen molar-refractivity contribution in [1.82, 2.24) is 0 Å². The average molecular weight is 384 g/mol. The Morgan fingerprint density at radius 3 is 2.68 bits per heavy atom. The van der Waals surface area contributed by atoms with Crippen LogP contribution in [0.15, 0.2) is 57.7 Å². The Morgan fingerprint density at radius 1 is 1.07 bits per heavy atom. The Bertz CT molecular complexity index is 1160. The quantitative estimate of drug-likeness (QED) is 0.704. The van der Waals surface area contributed by atoms with Crippen LogP contribution in [0.2, 0.25) is 0 Å². The number of halogens is 2. The number of carbonyl (C=O) groups is 2. The molecule has 1 aliphatic rings. The average Bonchev–Trinajstić information content (AvgIpc) is 3.03. The zero-order valence-electron chi connectivity index (χ0n) is 14.4. The van der Waals surface area contributed by atoms with Crippen LogP contribution in [0.5, 0.6) is 0 Å². The van der Waals surface area contributed by atoms with Gasteiger partial charge in [0.2, 0.25) is 11.8 Å². The highest BCUT2D eigenvalue weighted by Crippen LogP contribution is 2.29. The van der Waals surface area contributed by atoms with Crippen LogP contribution in [-0.4, -0.2) is 18.4 Å². The number of nitrogens with zero attached hydrogens (tertiary/aromatic N) is 1. The molecule has 1 unspecified atom stereocenters. The Hall–Kier alpha value is -3.55. The lowest BCUT2D eigenvalue weighted by molar-refractivity contribution is -0.122. The van der Waals surface area contributed by atoms with Crippen molar-refractivity contribution in [3.63, 3.8) is 0 Å². The van der Waals surface area contributed by atoms with Crippen molar-refractivity contribution in [3.8, 4) is 0 Å². The molecule has 0 saturated carbocycles. The molecule has 3 aromatic rings. The first-order valence-corrected chi connectivity index (χ1v) is 8.51. The minimum atomic E-state index is -0.856. The van der Waals surface area contributed by atoms with E-state index in [1.54, 1.807) is 24.3 Å². The molecule has 1 N–H and O–H groups in total. The highest BCUT2D eigenvalue weighted by Gasteiger charge is 2.36. The molecule has 0 spiro atoms. The summed E-state index contributed by atoms with van der Waals surface area (Å²) in [6, 6.07) is 10.6. The summed E-state index contributed by atoms with van der Waals surface area (Å²) in [7, 11) is 0. The molecule has 0 radical (unpaired) electrons. The predicted octanol–water partition coefficient (Wildman–Crippen LogP) is 3.06. The van der Waals surface area contributed by atoms with Crippen molar-refractivity contribution in [2.24, 2.45) is 5.92 Å². The zero-order valence-corrected chi connectivity index (χ0v) is 14.4. The van der Waals surface area contributed by atoms with Gasteiger partial charge in [-0.1, -0.05) is 0 Å². The van der Waals surface area contributed by atoms with Gasteiger partial charge >= 0.3 is 5.63 Å². The fourth-order valence-electron chi connectivity index (χ4n) is 3.21. The summed E-state index contributed by atoms with van der Waals surface area (Å²) in [5.41, 5.74) is 0.342. The first kappa shape index (κ1) is 17.8. The second-order valence-corrected chi connectivity index (χ2v) is 6.50. The largest absolute Gasteiger partial charge is 0.423 e. The summed E-state index contributed by atoms with van der Waals surface area (Å²) < 4.78 is 32.1. The molecule has 2 amide bonds. The van der Waals surface area contributed by atoms with Gasteiger partial charge in [0.15, 0.2) is 0 Å². The fourth-order valence-corrected chi connectivity index (χ4v) is 3.21. The fraction of sp³-hybridized carbons (Fsp3) is 0.150. The summed E-state index contributed by atoms with van der Waals surface area (Å²) in [4.78, 5) is 37.1. The maximum Gasteiger partial charge on any atom is 0.336 e. The summed E-state index contributed by atoms with van der Waals surface area (Å²) in [6.07, 6.45) is -0.0783. The van der Waals surface area contributed by atoms with E-state index in [0.29, 0.717) is 22.7 Å². The van der Waals surface area contributed by atoms with Gasteiger partial charge in [-0.05, 0) is 36.4 Å². The van der Waals surface area contributed by atoms with Crippen LogP contribution >= 0.6 is 0 Å². The molecule has 1 saturated heterocycles. The van der Waals surface area contributed by atoms with Gasteiger partial charge in [-0.2, -0.15) is 0 Å². The molecular formula is C20H14F2N2O4. The van der Waals surface area contributed by atoms with Crippen LogP contribution in [-0.2, 0) is 9.59 Å². The predicted molar refractivity (Wildman–Crippen MR) is 97.9 cm³/mol. The van der Waals surface area contributed by atoms with Crippen molar-refractivity contribution >= 4 is 34.2 Å². The molecule has 142 valence electrons. The molecular weight excluding hydrogens is 370 g/mol. The van der Waals surface area contributed by atoms with Crippen LogP contribution in [0.4, 0.5) is 20.2 Å². The second kappa shape index (κ2) is 6.88. The van der Waals surface area contributed by atoms with Crippen molar-refractivity contribution in [1.29, 1.82) is 0 Å². The zero-order chi connectivity index (χ0) is 19.8. The van der Waals surface area contributed by atoms with Gasteiger partial charge in [0, 0.05) is 36.2 Å². The monoisotopic (exact) mass is 384 g/mol. The van der Waals surface area contributed by atoms with Crippen LogP contribution in [0, 0.1) is 17.6 Å². The van der Waals surface area contributed by atoms with E-state index in [9.17, 15) is 23.2 Å². The number of anilines is 2. The van der Waals surface area contributed by atoms with Crippen molar-refractivity contribution < 1.29 is 22.8 Å². The van der Waals surface area contributed by atoms with E-state index in [0.717, 1.165) is 11.0 Å². The molecule has 6 nitrogen and oxygen atoms in total. The van der Waals surface area contributed by atoms with E-state index in [2.05, 4.69) is 5.32 Å². The van der Waals surface area contributed by atoms with Gasteiger partial charge in [0.05, 0.1) is 11.6 Å². The third kappa shape index (κ3) is 3.36. The number of hydrogen-bond donors (Lipinski definition) is 1. The highest BCUT2D eigenvalue weighted by molar-refractivity contribution is 6.04. The van der Waals surface area contributed by atoms with Crippen LogP contribution < -0.4 is 15.8 Å². The molecule has 0 bridgehead atoms. The number of carbonyl (C=O) groups excluding carboxylic acids is 2. The van der Waals surface area contributed by atoms with Crippen LogP contribution in [0.3, 0.4) is 0 Å².